The Hall–Kier alpha value is -1.06. The molecule has 0 saturated carbocycles. The molecule has 0 fully saturated rings. The van der Waals surface area contributed by atoms with E-state index in [0.717, 1.165) is 10.9 Å². The number of rotatable bonds is 2. The monoisotopic (exact) mass is 212 g/mol. The lowest BCUT2D eigenvalue weighted by Gasteiger charge is -2.03. The van der Waals surface area contributed by atoms with Gasteiger partial charge < -0.3 is 10.3 Å². The fourth-order valence-electron chi connectivity index (χ4n) is 1.56. The third-order valence-electron chi connectivity index (χ3n) is 2.17. The lowest BCUT2D eigenvalue weighted by molar-refractivity contribution is 0.629. The fraction of sp³-hybridized carbons (Fsp3) is 0.200. The first-order valence-corrected chi connectivity index (χ1v) is 4.74. The fourth-order valence-corrected chi connectivity index (χ4v) is 1.86. The first kappa shape index (κ1) is 9.49. The van der Waals surface area contributed by atoms with Gasteiger partial charge in [-0.3, -0.25) is 0 Å². The summed E-state index contributed by atoms with van der Waals surface area (Å²) in [7, 11) is 0. The molecule has 14 heavy (non-hydrogen) atoms. The second-order valence-corrected chi connectivity index (χ2v) is 3.50. The van der Waals surface area contributed by atoms with Gasteiger partial charge in [0, 0.05) is 24.0 Å². The first-order valence-electron chi connectivity index (χ1n) is 4.37. The molecule has 0 atom stereocenters. The molecule has 1 aromatic heterocycles. The van der Waals surface area contributed by atoms with Crippen molar-refractivity contribution in [3.63, 3.8) is 0 Å². The molecule has 2 rings (SSSR count). The van der Waals surface area contributed by atoms with E-state index in [1.54, 1.807) is 12.1 Å². The highest BCUT2D eigenvalue weighted by molar-refractivity contribution is 6.30. The van der Waals surface area contributed by atoms with Crippen LogP contribution < -0.4 is 5.73 Å². The molecule has 0 saturated heterocycles. The summed E-state index contributed by atoms with van der Waals surface area (Å²) in [6, 6.07) is 6.35. The number of hydrogen-bond acceptors (Lipinski definition) is 1. The van der Waals surface area contributed by atoms with Crippen molar-refractivity contribution < 1.29 is 4.39 Å². The number of benzene rings is 1. The van der Waals surface area contributed by atoms with Crippen molar-refractivity contribution in [3.8, 4) is 0 Å². The molecule has 0 spiro atoms. The summed E-state index contributed by atoms with van der Waals surface area (Å²) in [5.41, 5.74) is 6.37. The van der Waals surface area contributed by atoms with E-state index in [-0.39, 0.29) is 5.82 Å². The second kappa shape index (κ2) is 3.59. The number of halogens is 2. The minimum Gasteiger partial charge on any atom is -0.330 e. The highest BCUT2D eigenvalue weighted by Crippen LogP contribution is 2.23. The number of nitrogens with zero attached hydrogens (tertiary/aromatic N) is 1. The molecule has 0 unspecified atom stereocenters. The topological polar surface area (TPSA) is 30.9 Å². The van der Waals surface area contributed by atoms with Crippen LogP contribution in [0.4, 0.5) is 4.39 Å². The number of fused-ring (bicyclic) bond motifs is 1. The molecule has 1 aromatic carbocycles. The lowest BCUT2D eigenvalue weighted by atomic mass is 10.2. The molecule has 0 bridgehead atoms. The maximum absolute atomic E-state index is 12.9. The molecule has 4 heteroatoms. The number of aromatic nitrogens is 1. The van der Waals surface area contributed by atoms with Crippen molar-refractivity contribution in [2.45, 2.75) is 6.54 Å². The second-order valence-electron chi connectivity index (χ2n) is 3.11. The maximum atomic E-state index is 12.9. The van der Waals surface area contributed by atoms with Gasteiger partial charge in [0.05, 0.1) is 0 Å². The van der Waals surface area contributed by atoms with Crippen molar-refractivity contribution in [2.75, 3.05) is 6.54 Å². The Kier molecular flexibility index (Phi) is 2.44. The molecule has 2 N–H and O–H groups in total. The van der Waals surface area contributed by atoms with Crippen molar-refractivity contribution >= 4 is 22.5 Å². The van der Waals surface area contributed by atoms with E-state index < -0.39 is 0 Å². The minimum atomic E-state index is -0.251. The maximum Gasteiger partial charge on any atom is 0.123 e. The van der Waals surface area contributed by atoms with Gasteiger partial charge in [-0.1, -0.05) is 11.6 Å². The number of hydrogen-bond donors (Lipinski definition) is 1. The molecule has 0 aliphatic heterocycles. The largest absolute Gasteiger partial charge is 0.330 e. The van der Waals surface area contributed by atoms with Crippen molar-refractivity contribution in [3.05, 3.63) is 35.2 Å². The van der Waals surface area contributed by atoms with E-state index in [2.05, 4.69) is 0 Å². The van der Waals surface area contributed by atoms with Crippen LogP contribution in [-0.2, 0) is 6.54 Å². The molecule has 0 aliphatic carbocycles. The average molecular weight is 213 g/mol. The Morgan fingerprint density at radius 3 is 2.86 bits per heavy atom. The molecule has 0 radical (unpaired) electrons. The Labute approximate surface area is 86.1 Å². The van der Waals surface area contributed by atoms with Crippen LogP contribution in [0.5, 0.6) is 0 Å². The summed E-state index contributed by atoms with van der Waals surface area (Å²) in [5.74, 6) is -0.251. The van der Waals surface area contributed by atoms with Gasteiger partial charge in [-0.2, -0.15) is 0 Å². The molecule has 0 amide bonds. The summed E-state index contributed by atoms with van der Waals surface area (Å²) in [6.07, 6.45) is 0. The molecular weight excluding hydrogens is 203 g/mol. The van der Waals surface area contributed by atoms with E-state index in [0.29, 0.717) is 18.2 Å². The normalized spacial score (nSPS) is 11.1. The van der Waals surface area contributed by atoms with Gasteiger partial charge in [0.25, 0.3) is 0 Å². The van der Waals surface area contributed by atoms with Crippen LogP contribution in [0.3, 0.4) is 0 Å². The standard InChI is InChI=1S/C10H10ClFN2/c11-10-6-7-5-8(12)1-2-9(7)14(10)4-3-13/h1-2,5-6H,3-4,13H2. The van der Waals surface area contributed by atoms with Crippen LogP contribution in [0, 0.1) is 5.82 Å². The molecular formula is C10H10ClFN2. The van der Waals surface area contributed by atoms with E-state index in [4.69, 9.17) is 17.3 Å². The van der Waals surface area contributed by atoms with Crippen molar-refractivity contribution in [1.82, 2.24) is 4.57 Å². The van der Waals surface area contributed by atoms with Crippen LogP contribution in [0.15, 0.2) is 24.3 Å². The highest BCUT2D eigenvalue weighted by Gasteiger charge is 2.06. The van der Waals surface area contributed by atoms with E-state index >= 15 is 0 Å². The predicted octanol–water partition coefficient (Wildman–Crippen LogP) is 2.39. The van der Waals surface area contributed by atoms with E-state index in [9.17, 15) is 4.39 Å². The van der Waals surface area contributed by atoms with Crippen molar-refractivity contribution in [1.29, 1.82) is 0 Å². The zero-order valence-corrected chi connectivity index (χ0v) is 8.26. The summed E-state index contributed by atoms with van der Waals surface area (Å²) < 4.78 is 14.8. The van der Waals surface area contributed by atoms with Gasteiger partial charge in [-0.05, 0) is 24.3 Å². The molecule has 2 aromatic rings. The quantitative estimate of drug-likeness (QED) is 0.814. The van der Waals surface area contributed by atoms with Crippen LogP contribution >= 0.6 is 11.6 Å². The van der Waals surface area contributed by atoms with Gasteiger partial charge in [0.15, 0.2) is 0 Å². The smallest absolute Gasteiger partial charge is 0.123 e. The SMILES string of the molecule is NCCn1c(Cl)cc2cc(F)ccc21. The molecule has 0 aliphatic rings. The molecule has 2 nitrogen and oxygen atoms in total. The predicted molar refractivity (Wildman–Crippen MR) is 56.0 cm³/mol. The summed E-state index contributed by atoms with van der Waals surface area (Å²) >= 11 is 5.98. The van der Waals surface area contributed by atoms with Gasteiger partial charge >= 0.3 is 0 Å². The Bertz CT molecular complexity index is 464. The van der Waals surface area contributed by atoms with Gasteiger partial charge in [-0.15, -0.1) is 0 Å². The molecule has 1 heterocycles. The van der Waals surface area contributed by atoms with Crippen molar-refractivity contribution in [2.24, 2.45) is 5.73 Å². The third-order valence-corrected chi connectivity index (χ3v) is 2.48. The zero-order chi connectivity index (χ0) is 10.1. The summed E-state index contributed by atoms with van der Waals surface area (Å²) in [5, 5.41) is 1.40. The van der Waals surface area contributed by atoms with Crippen LogP contribution in [-0.4, -0.2) is 11.1 Å². The minimum absolute atomic E-state index is 0.251. The van der Waals surface area contributed by atoms with Crippen LogP contribution in [0.25, 0.3) is 10.9 Å². The van der Waals surface area contributed by atoms with Crippen LogP contribution in [0.2, 0.25) is 5.15 Å². The highest BCUT2D eigenvalue weighted by atomic mass is 35.5. The summed E-state index contributed by atoms with van der Waals surface area (Å²) in [4.78, 5) is 0. The molecule has 74 valence electrons. The van der Waals surface area contributed by atoms with Crippen LogP contribution in [0.1, 0.15) is 0 Å². The lowest BCUT2D eigenvalue weighted by Crippen LogP contribution is -2.09. The Balaban J connectivity index is 2.64. The van der Waals surface area contributed by atoms with Gasteiger partial charge in [0.2, 0.25) is 0 Å². The first-order chi connectivity index (χ1) is 6.72. The van der Waals surface area contributed by atoms with E-state index in [1.807, 2.05) is 4.57 Å². The Morgan fingerprint density at radius 1 is 1.36 bits per heavy atom. The summed E-state index contributed by atoms with van der Waals surface area (Å²) in [6.45, 7) is 1.16. The Morgan fingerprint density at radius 2 is 2.14 bits per heavy atom. The average Bonchev–Trinajstić information content (AvgIpc) is 2.43. The number of nitrogens with two attached hydrogens (primary N) is 1. The van der Waals surface area contributed by atoms with Gasteiger partial charge in [0.1, 0.15) is 11.0 Å². The third kappa shape index (κ3) is 1.49. The zero-order valence-electron chi connectivity index (χ0n) is 7.50. The van der Waals surface area contributed by atoms with E-state index in [1.165, 1.54) is 12.1 Å². The van der Waals surface area contributed by atoms with Gasteiger partial charge in [-0.25, -0.2) is 4.39 Å².